The molecule has 2 N–H and O–H groups in total. The average molecular weight is 469 g/mol. The highest BCUT2D eigenvalue weighted by Crippen LogP contribution is 2.29. The Hall–Kier alpha value is -4.10. The number of anilines is 3. The smallest absolute Gasteiger partial charge is 0.246 e. The number of amides is 1. The fraction of sp³-hybridized carbons (Fsp3) is 0.214. The lowest BCUT2D eigenvalue weighted by Crippen LogP contribution is -2.36. The van der Waals surface area contributed by atoms with E-state index in [9.17, 15) is 4.79 Å². The summed E-state index contributed by atoms with van der Waals surface area (Å²) in [5.74, 6) is 1.30. The molecule has 1 aliphatic rings. The number of nitrogens with zero attached hydrogens (tertiary/aromatic N) is 2. The number of rotatable bonds is 7. The Morgan fingerprint density at radius 2 is 1.66 bits per heavy atom. The molecule has 1 saturated heterocycles. The molecule has 3 aromatic carbocycles. The monoisotopic (exact) mass is 468 g/mol. The van der Waals surface area contributed by atoms with Crippen LogP contribution in [0, 0.1) is 0 Å². The Kier molecular flexibility index (Phi) is 6.77. The first-order valence-electron chi connectivity index (χ1n) is 11.8. The molecule has 0 aliphatic carbocycles. The van der Waals surface area contributed by atoms with Gasteiger partial charge in [0.1, 0.15) is 17.3 Å². The zero-order valence-corrected chi connectivity index (χ0v) is 19.6. The molecule has 178 valence electrons. The molecule has 1 fully saturated rings. The molecule has 4 aromatic rings. The molecular formula is C28H28N4O3. The zero-order valence-electron chi connectivity index (χ0n) is 19.6. The van der Waals surface area contributed by atoms with Crippen molar-refractivity contribution in [1.29, 1.82) is 0 Å². The number of aromatic nitrogens is 1. The van der Waals surface area contributed by atoms with E-state index in [4.69, 9.17) is 9.47 Å². The topological polar surface area (TPSA) is 75.7 Å². The first kappa shape index (κ1) is 22.7. The van der Waals surface area contributed by atoms with E-state index in [2.05, 4.69) is 20.5 Å². The lowest BCUT2D eigenvalue weighted by Gasteiger charge is -2.29. The summed E-state index contributed by atoms with van der Waals surface area (Å²) in [5.41, 5.74) is 3.56. The Balaban J connectivity index is 1.16. The number of ether oxygens (including phenoxy) is 2. The summed E-state index contributed by atoms with van der Waals surface area (Å²) in [7, 11) is 0. The van der Waals surface area contributed by atoms with Gasteiger partial charge in [0.05, 0.1) is 13.2 Å². The predicted octanol–water partition coefficient (Wildman–Crippen LogP) is 5.30. The first-order valence-corrected chi connectivity index (χ1v) is 11.8. The third-order valence-corrected chi connectivity index (χ3v) is 5.97. The van der Waals surface area contributed by atoms with E-state index in [-0.39, 0.29) is 5.91 Å². The Morgan fingerprint density at radius 3 is 2.43 bits per heavy atom. The summed E-state index contributed by atoms with van der Waals surface area (Å²) in [6, 6.07) is 24.8. The highest BCUT2D eigenvalue weighted by molar-refractivity contribution is 5.96. The van der Waals surface area contributed by atoms with Crippen LogP contribution in [0.3, 0.4) is 0 Å². The van der Waals surface area contributed by atoms with Crippen LogP contribution < -0.4 is 20.3 Å². The van der Waals surface area contributed by atoms with E-state index in [1.54, 1.807) is 6.20 Å². The molecule has 35 heavy (non-hydrogen) atoms. The quantitative estimate of drug-likeness (QED) is 0.383. The molecule has 1 aliphatic heterocycles. The maximum atomic E-state index is 12.7. The average Bonchev–Trinajstić information content (AvgIpc) is 2.91. The molecule has 2 heterocycles. The fourth-order valence-electron chi connectivity index (χ4n) is 4.05. The molecule has 7 heteroatoms. The van der Waals surface area contributed by atoms with Gasteiger partial charge in [-0.25, -0.2) is 0 Å². The minimum atomic E-state index is -0.414. The number of fused-ring (bicyclic) bond motifs is 1. The summed E-state index contributed by atoms with van der Waals surface area (Å²) < 4.78 is 11.5. The van der Waals surface area contributed by atoms with Crippen LogP contribution in [0.25, 0.3) is 10.9 Å². The van der Waals surface area contributed by atoms with Crippen molar-refractivity contribution in [3.63, 3.8) is 0 Å². The van der Waals surface area contributed by atoms with Crippen LogP contribution in [-0.4, -0.2) is 43.2 Å². The molecule has 0 saturated carbocycles. The molecular weight excluding hydrogens is 440 g/mol. The van der Waals surface area contributed by atoms with Gasteiger partial charge in [0, 0.05) is 41.7 Å². The van der Waals surface area contributed by atoms with Gasteiger partial charge in [0.15, 0.2) is 5.75 Å². The van der Waals surface area contributed by atoms with Gasteiger partial charge in [0.25, 0.3) is 0 Å². The molecule has 0 bridgehead atoms. The number of carbonyl (C=O) groups excluding carboxylic acids is 1. The van der Waals surface area contributed by atoms with Gasteiger partial charge in [-0.15, -0.1) is 0 Å². The largest absolute Gasteiger partial charge is 0.455 e. The minimum Gasteiger partial charge on any atom is -0.455 e. The number of nitrogens with one attached hydrogen (secondary N) is 2. The van der Waals surface area contributed by atoms with Crippen molar-refractivity contribution in [1.82, 2.24) is 4.98 Å². The second-order valence-electron chi connectivity index (χ2n) is 8.46. The lowest BCUT2D eigenvalue weighted by molar-refractivity contribution is -0.116. The molecule has 1 unspecified atom stereocenters. The van der Waals surface area contributed by atoms with Crippen molar-refractivity contribution in [2.24, 2.45) is 0 Å². The maximum Gasteiger partial charge on any atom is 0.246 e. The van der Waals surface area contributed by atoms with Crippen LogP contribution in [0.15, 0.2) is 85.1 Å². The van der Waals surface area contributed by atoms with Gasteiger partial charge in [-0.05, 0) is 67.6 Å². The third kappa shape index (κ3) is 5.53. The zero-order chi connectivity index (χ0) is 24.0. The van der Waals surface area contributed by atoms with Crippen molar-refractivity contribution in [2.75, 3.05) is 41.8 Å². The van der Waals surface area contributed by atoms with E-state index >= 15 is 0 Å². The second-order valence-corrected chi connectivity index (χ2v) is 8.46. The van der Waals surface area contributed by atoms with Crippen molar-refractivity contribution in [3.05, 3.63) is 85.1 Å². The van der Waals surface area contributed by atoms with Crippen LogP contribution in [0.2, 0.25) is 0 Å². The number of carbonyl (C=O) groups is 1. The maximum absolute atomic E-state index is 12.7. The second kappa shape index (κ2) is 10.4. The summed E-state index contributed by atoms with van der Waals surface area (Å²) >= 11 is 0. The molecule has 1 atom stereocenters. The molecule has 0 radical (unpaired) electrons. The van der Waals surface area contributed by atoms with Gasteiger partial charge < -0.3 is 25.0 Å². The van der Waals surface area contributed by atoms with Gasteiger partial charge in [-0.2, -0.15) is 0 Å². The van der Waals surface area contributed by atoms with Gasteiger partial charge in [-0.1, -0.05) is 18.2 Å². The summed E-state index contributed by atoms with van der Waals surface area (Å²) in [4.78, 5) is 19.4. The van der Waals surface area contributed by atoms with Crippen molar-refractivity contribution in [3.8, 4) is 11.5 Å². The molecule has 1 amide bonds. The first-order chi connectivity index (χ1) is 17.2. The normalized spacial score (nSPS) is 14.4. The van der Waals surface area contributed by atoms with E-state index in [0.717, 1.165) is 54.3 Å². The van der Waals surface area contributed by atoms with Crippen LogP contribution in [0.1, 0.15) is 6.92 Å². The van der Waals surface area contributed by atoms with Crippen LogP contribution >= 0.6 is 0 Å². The molecule has 7 nitrogen and oxygen atoms in total. The van der Waals surface area contributed by atoms with Gasteiger partial charge >= 0.3 is 0 Å². The fourth-order valence-corrected chi connectivity index (χ4v) is 4.05. The van der Waals surface area contributed by atoms with Crippen LogP contribution in [0.4, 0.5) is 17.1 Å². The summed E-state index contributed by atoms with van der Waals surface area (Å²) in [5, 5.41) is 7.25. The minimum absolute atomic E-state index is 0.105. The number of hydrogen-bond acceptors (Lipinski definition) is 6. The highest BCUT2D eigenvalue weighted by atomic mass is 16.5. The van der Waals surface area contributed by atoms with Gasteiger partial charge in [0.2, 0.25) is 5.91 Å². The Bertz CT molecular complexity index is 1280. The lowest BCUT2D eigenvalue weighted by atomic mass is 10.2. The summed E-state index contributed by atoms with van der Waals surface area (Å²) in [6.07, 6.45) is 1.76. The summed E-state index contributed by atoms with van der Waals surface area (Å²) in [6.45, 7) is 5.10. The van der Waals surface area contributed by atoms with E-state index in [1.165, 1.54) is 0 Å². The highest BCUT2D eigenvalue weighted by Gasteiger charge is 2.15. The molecule has 0 spiro atoms. The van der Waals surface area contributed by atoms with E-state index in [1.807, 2.05) is 85.8 Å². The number of pyridine rings is 1. The SMILES string of the molecule is CC(Nc1ccc(Oc2cccc3cccnc23)cc1)C(=O)Nc1ccc(N2CCOCC2)cc1. The molecule has 5 rings (SSSR count). The Morgan fingerprint density at radius 1 is 0.943 bits per heavy atom. The van der Waals surface area contributed by atoms with Crippen LogP contribution in [-0.2, 0) is 9.53 Å². The number of para-hydroxylation sites is 1. The standard InChI is InChI=1S/C28H28N4O3/c1-20(28(33)31-23-7-11-24(12-8-23)32-16-18-34-19-17-32)30-22-9-13-25(14-10-22)35-26-6-2-4-21-5-3-15-29-27(21)26/h2-15,20,30H,16-19H2,1H3,(H,31,33). The van der Waals surface area contributed by atoms with Crippen molar-refractivity contribution in [2.45, 2.75) is 13.0 Å². The van der Waals surface area contributed by atoms with Crippen molar-refractivity contribution >= 4 is 33.9 Å². The number of benzene rings is 3. The molecule has 1 aromatic heterocycles. The number of morpholine rings is 1. The van der Waals surface area contributed by atoms with Crippen molar-refractivity contribution < 1.29 is 14.3 Å². The van der Waals surface area contributed by atoms with E-state index in [0.29, 0.717) is 11.5 Å². The predicted molar refractivity (Wildman–Crippen MR) is 139 cm³/mol. The van der Waals surface area contributed by atoms with Crippen LogP contribution in [0.5, 0.6) is 11.5 Å². The Labute approximate surface area is 204 Å². The third-order valence-electron chi connectivity index (χ3n) is 5.97. The van der Waals surface area contributed by atoms with Gasteiger partial charge in [-0.3, -0.25) is 9.78 Å². The van der Waals surface area contributed by atoms with E-state index < -0.39 is 6.04 Å². The number of hydrogen-bond donors (Lipinski definition) is 2.